The first kappa shape index (κ1) is 10.3. The Morgan fingerprint density at radius 1 is 1.20 bits per heavy atom. The van der Waals surface area contributed by atoms with Crippen LogP contribution in [0.2, 0.25) is 0 Å². The second-order valence-corrected chi connectivity index (χ2v) is 4.57. The molecule has 0 saturated heterocycles. The summed E-state index contributed by atoms with van der Waals surface area (Å²) in [5, 5.41) is 3.56. The molecule has 0 radical (unpaired) electrons. The van der Waals surface area contributed by atoms with Crippen molar-refractivity contribution in [1.29, 1.82) is 0 Å². The molecule has 0 atom stereocenters. The molecule has 2 nitrogen and oxygen atoms in total. The smallest absolute Gasteiger partial charge is 0.0578 e. The third-order valence-corrected chi connectivity index (χ3v) is 3.17. The molecule has 1 saturated carbocycles. The molecule has 0 aliphatic heterocycles. The normalized spacial score (nSPS) is 17.7. The van der Waals surface area contributed by atoms with Crippen molar-refractivity contribution in [1.82, 2.24) is 0 Å². The fourth-order valence-corrected chi connectivity index (χ4v) is 2.26. The van der Waals surface area contributed by atoms with Crippen LogP contribution in [-0.2, 0) is 0 Å². The van der Waals surface area contributed by atoms with E-state index in [2.05, 4.69) is 24.4 Å². The van der Waals surface area contributed by atoms with E-state index < -0.39 is 0 Å². The molecule has 0 bridgehead atoms. The molecule has 0 heterocycles. The summed E-state index contributed by atoms with van der Waals surface area (Å²) >= 11 is 0. The van der Waals surface area contributed by atoms with E-state index >= 15 is 0 Å². The van der Waals surface area contributed by atoms with E-state index in [4.69, 9.17) is 5.73 Å². The molecular weight excluding hydrogens is 184 g/mol. The maximum Gasteiger partial charge on any atom is 0.0578 e. The molecular formula is C13H20N2. The van der Waals surface area contributed by atoms with Crippen LogP contribution in [0.25, 0.3) is 0 Å². The van der Waals surface area contributed by atoms with Gasteiger partial charge in [0.05, 0.1) is 11.4 Å². The summed E-state index contributed by atoms with van der Waals surface area (Å²) in [7, 11) is 0. The molecule has 15 heavy (non-hydrogen) atoms. The second kappa shape index (κ2) is 4.56. The van der Waals surface area contributed by atoms with Gasteiger partial charge in [-0.2, -0.15) is 0 Å². The lowest BCUT2D eigenvalue weighted by atomic mass is 9.95. The summed E-state index contributed by atoms with van der Waals surface area (Å²) in [6.07, 6.45) is 6.66. The molecule has 1 fully saturated rings. The number of benzene rings is 1. The minimum atomic E-state index is 0.628. The van der Waals surface area contributed by atoms with Crippen LogP contribution in [0.5, 0.6) is 0 Å². The molecule has 1 aliphatic carbocycles. The SMILES string of the molecule is Cc1ccc(N)c(NC2CCCCC2)c1. The van der Waals surface area contributed by atoms with Crippen LogP contribution in [0.1, 0.15) is 37.7 Å². The van der Waals surface area contributed by atoms with Crippen LogP contribution in [0.4, 0.5) is 11.4 Å². The number of anilines is 2. The van der Waals surface area contributed by atoms with Gasteiger partial charge in [-0.1, -0.05) is 25.3 Å². The lowest BCUT2D eigenvalue weighted by Gasteiger charge is -2.24. The monoisotopic (exact) mass is 204 g/mol. The summed E-state index contributed by atoms with van der Waals surface area (Å²) < 4.78 is 0. The highest BCUT2D eigenvalue weighted by Crippen LogP contribution is 2.25. The van der Waals surface area contributed by atoms with Crippen LogP contribution >= 0.6 is 0 Å². The van der Waals surface area contributed by atoms with Crippen molar-refractivity contribution in [3.8, 4) is 0 Å². The molecule has 1 aliphatic rings. The summed E-state index contributed by atoms with van der Waals surface area (Å²) in [5.74, 6) is 0. The van der Waals surface area contributed by atoms with E-state index in [0.717, 1.165) is 11.4 Å². The Kier molecular flexibility index (Phi) is 3.14. The minimum absolute atomic E-state index is 0.628. The zero-order valence-electron chi connectivity index (χ0n) is 9.42. The topological polar surface area (TPSA) is 38.0 Å². The first-order valence-electron chi connectivity index (χ1n) is 5.88. The quantitative estimate of drug-likeness (QED) is 0.725. The van der Waals surface area contributed by atoms with Gasteiger partial charge >= 0.3 is 0 Å². The van der Waals surface area contributed by atoms with Gasteiger partial charge in [0.2, 0.25) is 0 Å². The molecule has 2 heteroatoms. The summed E-state index contributed by atoms with van der Waals surface area (Å²) in [6.45, 7) is 2.10. The standard InChI is InChI=1S/C13H20N2/c1-10-7-8-12(14)13(9-10)15-11-5-3-2-4-6-11/h7-9,11,15H,2-6,14H2,1H3. The molecule has 0 aromatic heterocycles. The zero-order valence-corrected chi connectivity index (χ0v) is 9.42. The molecule has 0 spiro atoms. The van der Waals surface area contributed by atoms with E-state index in [-0.39, 0.29) is 0 Å². The predicted molar refractivity (Wildman–Crippen MR) is 66.1 cm³/mol. The van der Waals surface area contributed by atoms with Crippen molar-refractivity contribution in [2.24, 2.45) is 0 Å². The molecule has 3 N–H and O–H groups in total. The third kappa shape index (κ3) is 2.65. The van der Waals surface area contributed by atoms with Crippen molar-refractivity contribution < 1.29 is 0 Å². The zero-order chi connectivity index (χ0) is 10.7. The maximum atomic E-state index is 5.94. The van der Waals surface area contributed by atoms with Crippen LogP contribution < -0.4 is 11.1 Å². The van der Waals surface area contributed by atoms with Gasteiger partial charge in [-0.3, -0.25) is 0 Å². The number of hydrogen-bond donors (Lipinski definition) is 2. The van der Waals surface area contributed by atoms with Crippen molar-refractivity contribution in [2.75, 3.05) is 11.1 Å². The fourth-order valence-electron chi connectivity index (χ4n) is 2.26. The predicted octanol–water partition coefficient (Wildman–Crippen LogP) is 3.32. The van der Waals surface area contributed by atoms with Crippen molar-refractivity contribution >= 4 is 11.4 Å². The average Bonchev–Trinajstić information content (AvgIpc) is 2.25. The highest BCUT2D eigenvalue weighted by atomic mass is 14.9. The largest absolute Gasteiger partial charge is 0.397 e. The number of nitrogens with two attached hydrogens (primary N) is 1. The first-order chi connectivity index (χ1) is 7.25. The molecule has 1 aromatic carbocycles. The summed E-state index contributed by atoms with van der Waals surface area (Å²) in [5.41, 5.74) is 9.19. The van der Waals surface area contributed by atoms with Crippen LogP contribution in [0.15, 0.2) is 18.2 Å². The van der Waals surface area contributed by atoms with E-state index in [0.29, 0.717) is 6.04 Å². The van der Waals surface area contributed by atoms with Gasteiger partial charge in [-0.05, 0) is 37.5 Å². The van der Waals surface area contributed by atoms with Gasteiger partial charge in [-0.15, -0.1) is 0 Å². The van der Waals surface area contributed by atoms with Crippen LogP contribution in [0, 0.1) is 6.92 Å². The maximum absolute atomic E-state index is 5.94. The molecule has 0 unspecified atom stereocenters. The molecule has 0 amide bonds. The lowest BCUT2D eigenvalue weighted by molar-refractivity contribution is 0.463. The third-order valence-electron chi connectivity index (χ3n) is 3.17. The number of nitrogens with one attached hydrogen (secondary N) is 1. The van der Waals surface area contributed by atoms with Crippen molar-refractivity contribution in [3.05, 3.63) is 23.8 Å². The Balaban J connectivity index is 2.05. The van der Waals surface area contributed by atoms with Crippen molar-refractivity contribution in [3.63, 3.8) is 0 Å². The Hall–Kier alpha value is -1.18. The highest BCUT2D eigenvalue weighted by Gasteiger charge is 2.13. The Morgan fingerprint density at radius 2 is 1.93 bits per heavy atom. The van der Waals surface area contributed by atoms with E-state index in [1.165, 1.54) is 37.7 Å². The summed E-state index contributed by atoms with van der Waals surface area (Å²) in [6, 6.07) is 6.81. The number of aryl methyl sites for hydroxylation is 1. The van der Waals surface area contributed by atoms with E-state index in [1.807, 2.05) is 6.07 Å². The fraction of sp³-hybridized carbons (Fsp3) is 0.538. The molecule has 1 aromatic rings. The Labute approximate surface area is 91.9 Å². The Bertz CT molecular complexity index is 327. The Morgan fingerprint density at radius 3 is 2.67 bits per heavy atom. The number of hydrogen-bond acceptors (Lipinski definition) is 2. The number of nitrogen functional groups attached to an aromatic ring is 1. The molecule has 2 rings (SSSR count). The highest BCUT2D eigenvalue weighted by molar-refractivity contribution is 5.67. The van der Waals surface area contributed by atoms with Gasteiger partial charge in [0, 0.05) is 6.04 Å². The van der Waals surface area contributed by atoms with Crippen molar-refractivity contribution in [2.45, 2.75) is 45.1 Å². The molecule has 82 valence electrons. The first-order valence-corrected chi connectivity index (χ1v) is 5.88. The number of rotatable bonds is 2. The lowest BCUT2D eigenvalue weighted by Crippen LogP contribution is -2.22. The van der Waals surface area contributed by atoms with Gasteiger partial charge < -0.3 is 11.1 Å². The van der Waals surface area contributed by atoms with Crippen LogP contribution in [-0.4, -0.2) is 6.04 Å². The summed E-state index contributed by atoms with van der Waals surface area (Å²) in [4.78, 5) is 0. The van der Waals surface area contributed by atoms with Crippen LogP contribution in [0.3, 0.4) is 0 Å². The average molecular weight is 204 g/mol. The van der Waals surface area contributed by atoms with Gasteiger partial charge in [0.25, 0.3) is 0 Å². The van der Waals surface area contributed by atoms with E-state index in [9.17, 15) is 0 Å². The van der Waals surface area contributed by atoms with E-state index in [1.54, 1.807) is 0 Å². The van der Waals surface area contributed by atoms with Gasteiger partial charge in [0.15, 0.2) is 0 Å². The second-order valence-electron chi connectivity index (χ2n) is 4.57. The minimum Gasteiger partial charge on any atom is -0.397 e. The van der Waals surface area contributed by atoms with Gasteiger partial charge in [-0.25, -0.2) is 0 Å². The van der Waals surface area contributed by atoms with Gasteiger partial charge in [0.1, 0.15) is 0 Å².